The van der Waals surface area contributed by atoms with E-state index in [2.05, 4.69) is 10.0 Å². The van der Waals surface area contributed by atoms with E-state index in [9.17, 15) is 26.0 Å². The summed E-state index contributed by atoms with van der Waals surface area (Å²) in [6.45, 7) is 0.663. The summed E-state index contributed by atoms with van der Waals surface area (Å²) in [4.78, 5) is 0. The molecule has 0 bridgehead atoms. The zero-order chi connectivity index (χ0) is 23.8. The molecule has 4 rings (SSSR count). The summed E-state index contributed by atoms with van der Waals surface area (Å²) < 4.78 is 81.8. The molecule has 0 aliphatic heterocycles. The molecule has 3 atom stereocenters. The average Bonchev–Trinajstić information content (AvgIpc) is 2.96. The van der Waals surface area contributed by atoms with Gasteiger partial charge in [-0.2, -0.15) is 13.2 Å². The summed E-state index contributed by atoms with van der Waals surface area (Å²) in [6.07, 6.45) is -1.91. The number of nitrogens with one attached hydrogen (secondary N) is 2. The SMILES string of the molecule is CNCC1C(CNS(=O)(=O)C2CCC2)c2cc(F)ccc2C1Cc1cccc(C(F)(F)F)c1. The van der Waals surface area contributed by atoms with E-state index in [0.29, 0.717) is 31.4 Å². The number of fused-ring (bicyclic) bond motifs is 1. The molecule has 1 saturated carbocycles. The molecule has 9 heteroatoms. The van der Waals surface area contributed by atoms with Crippen molar-refractivity contribution in [2.24, 2.45) is 5.92 Å². The van der Waals surface area contributed by atoms with Crippen LogP contribution in [-0.4, -0.2) is 33.8 Å². The van der Waals surface area contributed by atoms with Crippen molar-refractivity contribution in [1.29, 1.82) is 0 Å². The molecule has 2 N–H and O–H groups in total. The standard InChI is InChI=1S/C24H28F4N2O2S/c1-29-13-22-20(11-15-4-2-5-16(10-15)24(26,27)28)19-9-8-17(25)12-21(19)23(22)14-30-33(31,32)18-6-3-7-18/h2,4-5,8-10,12,18,20,22-23,29-30H,3,6-7,11,13-14H2,1H3. The van der Waals surface area contributed by atoms with Crippen LogP contribution in [0.1, 0.15) is 53.4 Å². The Hall–Kier alpha value is -1.97. The lowest BCUT2D eigenvalue weighted by molar-refractivity contribution is -0.137. The minimum Gasteiger partial charge on any atom is -0.319 e. The van der Waals surface area contributed by atoms with E-state index in [1.807, 2.05) is 0 Å². The minimum absolute atomic E-state index is 0.106. The van der Waals surface area contributed by atoms with Crippen molar-refractivity contribution >= 4 is 10.0 Å². The Bertz CT molecular complexity index is 1100. The van der Waals surface area contributed by atoms with Crippen LogP contribution in [0, 0.1) is 11.7 Å². The number of benzene rings is 2. The Labute approximate surface area is 191 Å². The number of rotatable bonds is 8. The van der Waals surface area contributed by atoms with Crippen LogP contribution < -0.4 is 10.0 Å². The molecule has 4 nitrogen and oxygen atoms in total. The van der Waals surface area contributed by atoms with Gasteiger partial charge in [-0.05, 0) is 79.6 Å². The van der Waals surface area contributed by atoms with E-state index >= 15 is 0 Å². The Morgan fingerprint density at radius 3 is 2.39 bits per heavy atom. The summed E-state index contributed by atoms with van der Waals surface area (Å²) in [5.74, 6) is -0.975. The van der Waals surface area contributed by atoms with Crippen molar-refractivity contribution in [3.63, 3.8) is 0 Å². The van der Waals surface area contributed by atoms with Gasteiger partial charge in [-0.3, -0.25) is 0 Å². The highest BCUT2D eigenvalue weighted by molar-refractivity contribution is 7.90. The molecular formula is C24H28F4N2O2S. The molecule has 0 radical (unpaired) electrons. The van der Waals surface area contributed by atoms with Crippen LogP contribution in [0.4, 0.5) is 17.6 Å². The zero-order valence-corrected chi connectivity index (χ0v) is 19.1. The number of hydrogen-bond donors (Lipinski definition) is 2. The van der Waals surface area contributed by atoms with Gasteiger partial charge in [0.25, 0.3) is 0 Å². The summed E-state index contributed by atoms with van der Waals surface area (Å²) in [5, 5.41) is 2.75. The van der Waals surface area contributed by atoms with Crippen LogP contribution in [0.15, 0.2) is 42.5 Å². The van der Waals surface area contributed by atoms with E-state index in [0.717, 1.165) is 29.7 Å². The fourth-order valence-electron chi connectivity index (χ4n) is 5.12. The van der Waals surface area contributed by atoms with Crippen LogP contribution in [0.3, 0.4) is 0 Å². The monoisotopic (exact) mass is 484 g/mol. The molecular weight excluding hydrogens is 456 g/mol. The summed E-state index contributed by atoms with van der Waals surface area (Å²) >= 11 is 0. The third-order valence-electron chi connectivity index (χ3n) is 7.03. The first-order valence-electron chi connectivity index (χ1n) is 11.2. The van der Waals surface area contributed by atoms with E-state index in [4.69, 9.17) is 0 Å². The topological polar surface area (TPSA) is 58.2 Å². The molecule has 0 aromatic heterocycles. The maximum absolute atomic E-state index is 14.2. The van der Waals surface area contributed by atoms with Gasteiger partial charge in [-0.25, -0.2) is 17.5 Å². The van der Waals surface area contributed by atoms with Gasteiger partial charge >= 0.3 is 6.18 Å². The molecule has 3 unspecified atom stereocenters. The van der Waals surface area contributed by atoms with Crippen LogP contribution in [0.2, 0.25) is 0 Å². The summed E-state index contributed by atoms with van der Waals surface area (Å²) in [5.41, 5.74) is 1.43. The fourth-order valence-corrected chi connectivity index (χ4v) is 6.72. The fraction of sp³-hybridized carbons (Fsp3) is 0.500. The number of hydrogen-bond acceptors (Lipinski definition) is 3. The molecule has 33 heavy (non-hydrogen) atoms. The quantitative estimate of drug-likeness (QED) is 0.540. The van der Waals surface area contributed by atoms with Gasteiger partial charge in [-0.1, -0.05) is 30.7 Å². The highest BCUT2D eigenvalue weighted by Crippen LogP contribution is 2.48. The third kappa shape index (κ3) is 5.10. The smallest absolute Gasteiger partial charge is 0.319 e. The molecule has 2 aromatic carbocycles. The van der Waals surface area contributed by atoms with E-state index < -0.39 is 27.6 Å². The lowest BCUT2D eigenvalue weighted by Gasteiger charge is -2.29. The molecule has 180 valence electrons. The molecule has 2 aromatic rings. The molecule has 1 fully saturated rings. The normalized spacial score (nSPS) is 23.4. The first kappa shape index (κ1) is 24.2. The molecule has 2 aliphatic rings. The van der Waals surface area contributed by atoms with E-state index in [1.54, 1.807) is 19.2 Å². The van der Waals surface area contributed by atoms with Gasteiger partial charge in [0, 0.05) is 12.5 Å². The first-order chi connectivity index (χ1) is 15.6. The second-order valence-corrected chi connectivity index (χ2v) is 11.1. The largest absolute Gasteiger partial charge is 0.416 e. The molecule has 0 saturated heterocycles. The Morgan fingerprint density at radius 1 is 1.00 bits per heavy atom. The van der Waals surface area contributed by atoms with Crippen molar-refractivity contribution in [3.8, 4) is 0 Å². The number of sulfonamides is 1. The lowest BCUT2D eigenvalue weighted by atomic mass is 9.83. The van der Waals surface area contributed by atoms with Crippen molar-refractivity contribution in [2.75, 3.05) is 20.1 Å². The Morgan fingerprint density at radius 2 is 1.76 bits per heavy atom. The van der Waals surface area contributed by atoms with Gasteiger partial charge in [0.05, 0.1) is 10.8 Å². The molecule has 2 aliphatic carbocycles. The number of alkyl halides is 3. The molecule has 0 amide bonds. The van der Waals surface area contributed by atoms with E-state index in [1.165, 1.54) is 18.2 Å². The molecule has 0 spiro atoms. The van der Waals surface area contributed by atoms with Crippen molar-refractivity contribution < 1.29 is 26.0 Å². The second-order valence-electron chi connectivity index (χ2n) is 9.06. The van der Waals surface area contributed by atoms with Gasteiger partial charge < -0.3 is 5.32 Å². The van der Waals surface area contributed by atoms with Crippen molar-refractivity contribution in [1.82, 2.24) is 10.0 Å². The van der Waals surface area contributed by atoms with Crippen LogP contribution in [0.5, 0.6) is 0 Å². The van der Waals surface area contributed by atoms with E-state index in [-0.39, 0.29) is 29.5 Å². The number of halogens is 4. The summed E-state index contributed by atoms with van der Waals surface area (Å²) in [7, 11) is -1.67. The first-order valence-corrected chi connectivity index (χ1v) is 12.7. The maximum Gasteiger partial charge on any atom is 0.416 e. The second kappa shape index (κ2) is 9.35. The Kier molecular flexibility index (Phi) is 6.85. The minimum atomic E-state index is -4.43. The Balaban J connectivity index is 1.64. The van der Waals surface area contributed by atoms with Gasteiger partial charge in [0.2, 0.25) is 10.0 Å². The van der Waals surface area contributed by atoms with Crippen LogP contribution >= 0.6 is 0 Å². The predicted octanol–water partition coefficient (Wildman–Crippen LogP) is 4.58. The van der Waals surface area contributed by atoms with Gasteiger partial charge in [-0.15, -0.1) is 0 Å². The van der Waals surface area contributed by atoms with Crippen LogP contribution in [-0.2, 0) is 22.6 Å². The molecule has 0 heterocycles. The van der Waals surface area contributed by atoms with Gasteiger partial charge in [0.1, 0.15) is 5.82 Å². The predicted molar refractivity (Wildman–Crippen MR) is 119 cm³/mol. The zero-order valence-electron chi connectivity index (χ0n) is 18.3. The third-order valence-corrected chi connectivity index (χ3v) is 8.94. The van der Waals surface area contributed by atoms with Crippen molar-refractivity contribution in [2.45, 2.75) is 48.9 Å². The van der Waals surface area contributed by atoms with Crippen LogP contribution in [0.25, 0.3) is 0 Å². The highest BCUT2D eigenvalue weighted by atomic mass is 32.2. The van der Waals surface area contributed by atoms with Gasteiger partial charge in [0.15, 0.2) is 0 Å². The van der Waals surface area contributed by atoms with Crippen molar-refractivity contribution in [3.05, 3.63) is 70.5 Å². The lowest BCUT2D eigenvalue weighted by Crippen LogP contribution is -2.41. The summed E-state index contributed by atoms with van der Waals surface area (Å²) in [6, 6.07) is 9.75. The average molecular weight is 485 g/mol. The maximum atomic E-state index is 14.2. The highest BCUT2D eigenvalue weighted by Gasteiger charge is 2.42.